The molecule has 0 unspecified atom stereocenters. The number of aromatic nitrogens is 1. The number of nitrogens with one attached hydrogen (secondary N) is 2. The Kier molecular flexibility index (Phi) is 8.79. The maximum atomic E-state index is 13.2. The van der Waals surface area contributed by atoms with Crippen LogP contribution < -0.4 is 14.8 Å². The number of rotatable bonds is 9. The number of esters is 1. The Bertz CT molecular complexity index is 1530. The number of methoxy groups -OCH3 is 1. The highest BCUT2D eigenvalue weighted by molar-refractivity contribution is 6.10. The Morgan fingerprint density at radius 1 is 0.976 bits per heavy atom. The highest BCUT2D eigenvalue weighted by Gasteiger charge is 2.42. The minimum atomic E-state index is -5.26. The molecule has 11 heteroatoms. The standard InChI is InChI=1S/C31H30F3N3O5/c1-40-23-13-15-37(16-14-23)18-20-7-9-22(10-8-20)35-29(38)27-28(42-30(39)31(32,33)34)25-17-24(11-12-26(25)36-27)41-19-21-5-3-2-4-6-21/h2-12,17,23,36H,13-16,18-19H2,1H3,(H,35,38). The quantitative estimate of drug-likeness (QED) is 0.233. The summed E-state index contributed by atoms with van der Waals surface area (Å²) >= 11 is 0. The fourth-order valence-electron chi connectivity index (χ4n) is 4.84. The van der Waals surface area contributed by atoms with Gasteiger partial charge in [0, 0.05) is 37.8 Å². The van der Waals surface area contributed by atoms with Crippen molar-refractivity contribution in [2.75, 3.05) is 25.5 Å². The van der Waals surface area contributed by atoms with E-state index in [1.165, 1.54) is 6.07 Å². The number of benzene rings is 3. The molecule has 1 saturated heterocycles. The molecule has 1 aromatic heterocycles. The number of piperidine rings is 1. The molecule has 220 valence electrons. The van der Waals surface area contributed by atoms with Gasteiger partial charge in [0.1, 0.15) is 18.1 Å². The van der Waals surface area contributed by atoms with Gasteiger partial charge in [0.25, 0.3) is 5.91 Å². The Balaban J connectivity index is 1.33. The van der Waals surface area contributed by atoms with E-state index < -0.39 is 23.8 Å². The van der Waals surface area contributed by atoms with Crippen LogP contribution in [-0.2, 0) is 22.7 Å². The number of H-pyrrole nitrogens is 1. The highest BCUT2D eigenvalue weighted by Crippen LogP contribution is 2.35. The molecule has 1 aliphatic rings. The predicted octanol–water partition coefficient (Wildman–Crippen LogP) is 6.08. The van der Waals surface area contributed by atoms with Crippen LogP contribution in [0.15, 0.2) is 72.8 Å². The number of aromatic amines is 1. The molecule has 0 spiro atoms. The van der Waals surface area contributed by atoms with Gasteiger partial charge in [-0.05, 0) is 54.3 Å². The number of halogens is 3. The molecule has 1 fully saturated rings. The van der Waals surface area contributed by atoms with Gasteiger partial charge in [-0.15, -0.1) is 0 Å². The summed E-state index contributed by atoms with van der Waals surface area (Å²) in [6, 6.07) is 21.1. The molecule has 8 nitrogen and oxygen atoms in total. The van der Waals surface area contributed by atoms with Crippen LogP contribution in [0, 0.1) is 0 Å². The van der Waals surface area contributed by atoms with E-state index in [-0.39, 0.29) is 23.8 Å². The van der Waals surface area contributed by atoms with E-state index in [1.54, 1.807) is 31.4 Å². The van der Waals surface area contributed by atoms with Gasteiger partial charge >= 0.3 is 12.1 Å². The van der Waals surface area contributed by atoms with Crippen molar-refractivity contribution in [3.05, 3.63) is 89.6 Å². The summed E-state index contributed by atoms with van der Waals surface area (Å²) < 4.78 is 55.3. The summed E-state index contributed by atoms with van der Waals surface area (Å²) in [7, 11) is 1.73. The van der Waals surface area contributed by atoms with Gasteiger partial charge in [-0.25, -0.2) is 4.79 Å². The summed E-state index contributed by atoms with van der Waals surface area (Å²) in [5.41, 5.74) is 2.34. The monoisotopic (exact) mass is 581 g/mol. The molecule has 0 aliphatic carbocycles. The topological polar surface area (TPSA) is 92.9 Å². The fraction of sp³-hybridized carbons (Fsp3) is 0.290. The van der Waals surface area contributed by atoms with Crippen molar-refractivity contribution >= 4 is 28.5 Å². The number of hydrogen-bond donors (Lipinski definition) is 2. The SMILES string of the molecule is COC1CCN(Cc2ccc(NC(=O)c3[nH]c4ccc(OCc5ccccc5)cc4c3OC(=O)C(F)(F)F)cc2)CC1. The number of hydrogen-bond acceptors (Lipinski definition) is 6. The largest absolute Gasteiger partial charge is 0.491 e. The second-order valence-electron chi connectivity index (χ2n) is 10.1. The number of carbonyl (C=O) groups excluding carboxylic acids is 2. The smallest absolute Gasteiger partial charge is 0.489 e. The van der Waals surface area contributed by atoms with Crippen molar-refractivity contribution in [1.82, 2.24) is 9.88 Å². The second kappa shape index (κ2) is 12.7. The molecule has 0 bridgehead atoms. The molecule has 1 aliphatic heterocycles. The summed E-state index contributed by atoms with van der Waals surface area (Å²) in [6.07, 6.45) is -3.03. The van der Waals surface area contributed by atoms with E-state index in [4.69, 9.17) is 14.2 Å². The summed E-state index contributed by atoms with van der Waals surface area (Å²) in [6.45, 7) is 2.81. The summed E-state index contributed by atoms with van der Waals surface area (Å²) in [5.74, 6) is -3.42. The van der Waals surface area contributed by atoms with E-state index in [1.807, 2.05) is 42.5 Å². The molecular weight excluding hydrogens is 551 g/mol. The third-order valence-electron chi connectivity index (χ3n) is 7.11. The third kappa shape index (κ3) is 7.10. The lowest BCUT2D eigenvalue weighted by Gasteiger charge is -2.31. The van der Waals surface area contributed by atoms with Crippen molar-refractivity contribution in [3.8, 4) is 11.5 Å². The second-order valence-corrected chi connectivity index (χ2v) is 10.1. The van der Waals surface area contributed by atoms with Crippen LogP contribution in [-0.4, -0.2) is 54.2 Å². The van der Waals surface area contributed by atoms with Crippen LogP contribution in [0.2, 0.25) is 0 Å². The molecule has 2 heterocycles. The molecule has 0 radical (unpaired) electrons. The summed E-state index contributed by atoms with van der Waals surface area (Å²) in [5, 5.41) is 2.77. The molecule has 3 aromatic carbocycles. The molecule has 4 aromatic rings. The first kappa shape index (κ1) is 29.2. The van der Waals surface area contributed by atoms with Gasteiger partial charge in [0.15, 0.2) is 5.75 Å². The van der Waals surface area contributed by atoms with E-state index in [0.717, 1.165) is 43.6 Å². The normalized spacial score (nSPS) is 14.6. The molecular formula is C31H30F3N3O5. The van der Waals surface area contributed by atoms with Crippen LogP contribution in [0.5, 0.6) is 11.5 Å². The number of amides is 1. The van der Waals surface area contributed by atoms with Crippen molar-refractivity contribution in [2.45, 2.75) is 38.3 Å². The molecule has 5 rings (SSSR count). The number of likely N-dealkylation sites (tertiary alicyclic amines) is 1. The Morgan fingerprint density at radius 2 is 1.69 bits per heavy atom. The van der Waals surface area contributed by atoms with E-state index >= 15 is 0 Å². The maximum Gasteiger partial charge on any atom is 0.491 e. The van der Waals surface area contributed by atoms with E-state index in [0.29, 0.717) is 17.0 Å². The van der Waals surface area contributed by atoms with Crippen molar-refractivity contribution in [3.63, 3.8) is 0 Å². The van der Waals surface area contributed by atoms with Gasteiger partial charge in [0.05, 0.1) is 11.6 Å². The Labute approximate surface area is 240 Å². The summed E-state index contributed by atoms with van der Waals surface area (Å²) in [4.78, 5) is 30.1. The lowest BCUT2D eigenvalue weighted by Crippen LogP contribution is -2.36. The first-order chi connectivity index (χ1) is 20.2. The third-order valence-corrected chi connectivity index (χ3v) is 7.11. The zero-order valence-electron chi connectivity index (χ0n) is 22.9. The average Bonchev–Trinajstić information content (AvgIpc) is 3.35. The number of anilines is 1. The lowest BCUT2D eigenvalue weighted by molar-refractivity contribution is -0.189. The molecule has 2 N–H and O–H groups in total. The first-order valence-corrected chi connectivity index (χ1v) is 13.5. The molecule has 1 amide bonds. The number of nitrogens with zero attached hydrogens (tertiary/aromatic N) is 1. The van der Waals surface area contributed by atoms with Crippen LogP contribution >= 0.6 is 0 Å². The zero-order valence-corrected chi connectivity index (χ0v) is 22.9. The number of alkyl halides is 3. The first-order valence-electron chi connectivity index (χ1n) is 13.5. The fourth-order valence-corrected chi connectivity index (χ4v) is 4.84. The van der Waals surface area contributed by atoms with Gasteiger partial charge in [-0.2, -0.15) is 13.2 Å². The van der Waals surface area contributed by atoms with Crippen LogP contribution in [0.3, 0.4) is 0 Å². The highest BCUT2D eigenvalue weighted by atomic mass is 19.4. The van der Waals surface area contributed by atoms with Crippen LogP contribution in [0.1, 0.15) is 34.5 Å². The number of ether oxygens (including phenoxy) is 3. The van der Waals surface area contributed by atoms with E-state index in [9.17, 15) is 22.8 Å². The lowest BCUT2D eigenvalue weighted by atomic mass is 10.1. The van der Waals surface area contributed by atoms with Crippen LogP contribution in [0.4, 0.5) is 18.9 Å². The van der Waals surface area contributed by atoms with Crippen molar-refractivity contribution < 1.29 is 37.0 Å². The van der Waals surface area contributed by atoms with Gasteiger partial charge < -0.3 is 24.5 Å². The van der Waals surface area contributed by atoms with Gasteiger partial charge in [-0.1, -0.05) is 42.5 Å². The predicted molar refractivity (Wildman–Crippen MR) is 150 cm³/mol. The Morgan fingerprint density at radius 3 is 2.36 bits per heavy atom. The van der Waals surface area contributed by atoms with E-state index in [2.05, 4.69) is 15.2 Å². The van der Waals surface area contributed by atoms with Gasteiger partial charge in [-0.3, -0.25) is 9.69 Å². The molecule has 0 atom stereocenters. The molecule has 0 saturated carbocycles. The number of carbonyl (C=O) groups is 2. The maximum absolute atomic E-state index is 13.2. The zero-order chi connectivity index (χ0) is 29.7. The average molecular weight is 582 g/mol. The van der Waals surface area contributed by atoms with Gasteiger partial charge in [0.2, 0.25) is 0 Å². The minimum absolute atomic E-state index is 0.0934. The minimum Gasteiger partial charge on any atom is -0.489 e. The van der Waals surface area contributed by atoms with Crippen molar-refractivity contribution in [2.24, 2.45) is 0 Å². The van der Waals surface area contributed by atoms with Crippen LogP contribution in [0.25, 0.3) is 10.9 Å². The molecule has 42 heavy (non-hydrogen) atoms. The number of fused-ring (bicyclic) bond motifs is 1. The Hall–Kier alpha value is -4.35. The van der Waals surface area contributed by atoms with Crippen molar-refractivity contribution in [1.29, 1.82) is 0 Å².